The molecule has 0 saturated heterocycles. The van der Waals surface area contributed by atoms with Gasteiger partial charge in [0.1, 0.15) is 0 Å². The summed E-state index contributed by atoms with van der Waals surface area (Å²) >= 11 is 11.2. The minimum absolute atomic E-state index is 0.594. The van der Waals surface area contributed by atoms with Gasteiger partial charge in [0.2, 0.25) is 0 Å². The van der Waals surface area contributed by atoms with Gasteiger partial charge in [-0.2, -0.15) is 0 Å². The van der Waals surface area contributed by atoms with Crippen molar-refractivity contribution in [1.82, 2.24) is 0 Å². The van der Waals surface area contributed by atoms with Crippen LogP contribution in [0.5, 0.6) is 0 Å². The molecule has 0 atom stereocenters. The van der Waals surface area contributed by atoms with Gasteiger partial charge in [-0.3, -0.25) is 0 Å². The van der Waals surface area contributed by atoms with Gasteiger partial charge >= 0.3 is 0 Å². The molecule has 1 heterocycles. The molecule has 1 aromatic heterocycles. The average molecular weight is 290 g/mol. The molecule has 0 spiro atoms. The number of fused-ring (bicyclic) bond motifs is 1. The lowest BCUT2D eigenvalue weighted by molar-refractivity contribution is 1.15. The van der Waals surface area contributed by atoms with E-state index < -0.39 is 0 Å². The van der Waals surface area contributed by atoms with Gasteiger partial charge in [-0.25, -0.2) is 0 Å². The second-order valence-corrected chi connectivity index (χ2v) is 5.91. The topological polar surface area (TPSA) is 0 Å². The second-order valence-electron chi connectivity index (χ2n) is 3.21. The molecule has 0 radical (unpaired) electrons. The third-order valence-electron chi connectivity index (χ3n) is 2.26. The van der Waals surface area contributed by atoms with Crippen molar-refractivity contribution >= 4 is 49.0 Å². The molecule has 0 saturated carbocycles. The van der Waals surface area contributed by atoms with Gasteiger partial charge in [-0.05, 0) is 51.0 Å². The van der Waals surface area contributed by atoms with E-state index in [1.807, 2.05) is 0 Å². The van der Waals surface area contributed by atoms with Crippen molar-refractivity contribution in [1.29, 1.82) is 0 Å². The molecule has 0 aliphatic heterocycles. The molecule has 0 fully saturated rings. The fourth-order valence-electron chi connectivity index (χ4n) is 1.60. The number of alkyl halides is 1. The predicted octanol–water partition coefficient (Wildman–Crippen LogP) is 4.97. The van der Waals surface area contributed by atoms with Crippen LogP contribution in [0.4, 0.5) is 0 Å². The summed E-state index contributed by atoms with van der Waals surface area (Å²) < 4.78 is 2.57. The fraction of sp³-hybridized carbons (Fsp3) is 0.273. The van der Waals surface area contributed by atoms with E-state index in [-0.39, 0.29) is 0 Å². The summed E-state index contributed by atoms with van der Waals surface area (Å²) in [6, 6.07) is 6.54. The first-order valence-electron chi connectivity index (χ1n) is 4.51. The second kappa shape index (κ2) is 4.21. The van der Waals surface area contributed by atoms with Crippen LogP contribution in [0, 0.1) is 0 Å². The highest BCUT2D eigenvalue weighted by molar-refractivity contribution is 9.11. The maximum Gasteiger partial charge on any atom is 0.0711 e. The average Bonchev–Trinajstić information content (AvgIpc) is 2.56. The summed E-state index contributed by atoms with van der Waals surface area (Å²) in [6.45, 7) is 2.18. The quantitative estimate of drug-likeness (QED) is 0.685. The number of hydrogen-bond acceptors (Lipinski definition) is 1. The predicted molar refractivity (Wildman–Crippen MR) is 68.5 cm³/mol. The normalized spacial score (nSPS) is 11.1. The summed E-state index contributed by atoms with van der Waals surface area (Å²) in [6.07, 6.45) is 1.06. The van der Waals surface area contributed by atoms with Gasteiger partial charge in [-0.1, -0.05) is 13.0 Å². The lowest BCUT2D eigenvalue weighted by Crippen LogP contribution is -1.84. The Morgan fingerprint density at radius 3 is 2.79 bits per heavy atom. The molecule has 14 heavy (non-hydrogen) atoms. The van der Waals surface area contributed by atoms with E-state index in [4.69, 9.17) is 11.6 Å². The lowest BCUT2D eigenvalue weighted by Gasteiger charge is -2.02. The Morgan fingerprint density at radius 1 is 1.36 bits per heavy atom. The highest BCUT2D eigenvalue weighted by atomic mass is 79.9. The monoisotopic (exact) mass is 288 g/mol. The van der Waals surface area contributed by atoms with Gasteiger partial charge in [0, 0.05) is 10.6 Å². The minimum atomic E-state index is 0.594. The molecule has 2 rings (SSSR count). The highest BCUT2D eigenvalue weighted by Gasteiger charge is 2.05. The Labute approximate surface area is 101 Å². The van der Waals surface area contributed by atoms with Crippen LogP contribution in [0.1, 0.15) is 18.1 Å². The van der Waals surface area contributed by atoms with Crippen molar-refractivity contribution in [2.45, 2.75) is 19.2 Å². The third-order valence-corrected chi connectivity index (χ3v) is 4.30. The molecule has 3 heteroatoms. The highest BCUT2D eigenvalue weighted by Crippen LogP contribution is 2.33. The molecular weight excluding hydrogens is 280 g/mol. The van der Waals surface area contributed by atoms with Crippen LogP contribution in [-0.2, 0) is 12.3 Å². The number of halogens is 2. The van der Waals surface area contributed by atoms with E-state index in [0.29, 0.717) is 5.88 Å². The molecular formula is C11H10BrClS. The molecule has 0 bridgehead atoms. The Balaban J connectivity index is 2.72. The van der Waals surface area contributed by atoms with Gasteiger partial charge < -0.3 is 0 Å². The Kier molecular flexibility index (Phi) is 3.15. The molecule has 0 N–H and O–H groups in total. The maximum atomic E-state index is 5.85. The van der Waals surface area contributed by atoms with Crippen LogP contribution in [0.15, 0.2) is 22.0 Å². The van der Waals surface area contributed by atoms with E-state index in [1.165, 1.54) is 25.0 Å². The van der Waals surface area contributed by atoms with Crippen molar-refractivity contribution in [3.8, 4) is 0 Å². The van der Waals surface area contributed by atoms with E-state index in [1.54, 1.807) is 11.3 Å². The molecule has 0 aliphatic carbocycles. The van der Waals surface area contributed by atoms with E-state index in [9.17, 15) is 0 Å². The smallest absolute Gasteiger partial charge is 0.0711 e. The first-order chi connectivity index (χ1) is 6.74. The maximum absolute atomic E-state index is 5.85. The van der Waals surface area contributed by atoms with Crippen molar-refractivity contribution in [2.24, 2.45) is 0 Å². The molecule has 0 nitrogen and oxygen atoms in total. The summed E-state index contributed by atoms with van der Waals surface area (Å²) in [7, 11) is 0. The van der Waals surface area contributed by atoms with Crippen LogP contribution < -0.4 is 0 Å². The fourth-order valence-corrected chi connectivity index (χ4v) is 3.44. The van der Waals surface area contributed by atoms with Gasteiger partial charge in [0.05, 0.1) is 3.79 Å². The number of thiophene rings is 1. The van der Waals surface area contributed by atoms with Crippen molar-refractivity contribution in [3.05, 3.63) is 33.1 Å². The number of rotatable bonds is 2. The molecule has 1 aromatic carbocycles. The SMILES string of the molecule is CCc1cc(CCl)cc2cc(Br)sc12. The number of aryl methyl sites for hydroxylation is 1. The van der Waals surface area contributed by atoms with Crippen LogP contribution in [0.3, 0.4) is 0 Å². The number of benzene rings is 1. The molecule has 0 aliphatic rings. The van der Waals surface area contributed by atoms with Crippen LogP contribution in [0.2, 0.25) is 0 Å². The lowest BCUT2D eigenvalue weighted by atomic mass is 10.1. The summed E-state index contributed by atoms with van der Waals surface area (Å²) in [5.41, 5.74) is 2.61. The van der Waals surface area contributed by atoms with Crippen LogP contribution in [0.25, 0.3) is 10.1 Å². The Bertz CT molecular complexity index is 462. The minimum Gasteiger partial charge on any atom is -0.128 e. The first kappa shape index (κ1) is 10.5. The third kappa shape index (κ3) is 1.83. The van der Waals surface area contributed by atoms with Crippen molar-refractivity contribution in [3.63, 3.8) is 0 Å². The van der Waals surface area contributed by atoms with Gasteiger partial charge in [-0.15, -0.1) is 22.9 Å². The summed E-state index contributed by atoms with van der Waals surface area (Å²) in [5.74, 6) is 0.594. The van der Waals surface area contributed by atoms with E-state index in [2.05, 4.69) is 41.1 Å². The van der Waals surface area contributed by atoms with Gasteiger partial charge in [0.15, 0.2) is 0 Å². The molecule has 74 valence electrons. The zero-order valence-electron chi connectivity index (χ0n) is 7.81. The van der Waals surface area contributed by atoms with Crippen molar-refractivity contribution < 1.29 is 0 Å². The summed E-state index contributed by atoms with van der Waals surface area (Å²) in [4.78, 5) is 0. The summed E-state index contributed by atoms with van der Waals surface area (Å²) in [5, 5.41) is 1.30. The molecule has 2 aromatic rings. The van der Waals surface area contributed by atoms with E-state index in [0.717, 1.165) is 6.42 Å². The van der Waals surface area contributed by atoms with E-state index >= 15 is 0 Å². The largest absolute Gasteiger partial charge is 0.128 e. The number of hydrogen-bond donors (Lipinski definition) is 0. The standard InChI is InChI=1S/C11H10BrClS/c1-2-8-3-7(6-13)4-9-5-10(12)14-11(8)9/h3-5H,2,6H2,1H3. The Hall–Kier alpha value is -0.0500. The zero-order valence-corrected chi connectivity index (χ0v) is 11.0. The Morgan fingerprint density at radius 2 is 2.14 bits per heavy atom. The van der Waals surface area contributed by atoms with Crippen molar-refractivity contribution in [2.75, 3.05) is 0 Å². The molecule has 0 amide bonds. The zero-order chi connectivity index (χ0) is 10.1. The first-order valence-corrected chi connectivity index (χ1v) is 6.65. The van der Waals surface area contributed by atoms with Gasteiger partial charge in [0.25, 0.3) is 0 Å². The van der Waals surface area contributed by atoms with Crippen LogP contribution in [-0.4, -0.2) is 0 Å². The molecule has 0 unspecified atom stereocenters. The van der Waals surface area contributed by atoms with Crippen LogP contribution >= 0.6 is 38.9 Å².